The Kier molecular flexibility index (Phi) is 3.47. The van der Waals surface area contributed by atoms with Crippen molar-refractivity contribution in [3.05, 3.63) is 0 Å². The lowest BCUT2D eigenvalue weighted by Crippen LogP contribution is -2.33. The molecule has 76 valence electrons. The smallest absolute Gasteiger partial charge is 0.153 e. The van der Waals surface area contributed by atoms with Gasteiger partial charge in [0.05, 0.1) is 18.8 Å². The van der Waals surface area contributed by atoms with Gasteiger partial charge in [0, 0.05) is 20.2 Å². The van der Waals surface area contributed by atoms with E-state index in [2.05, 4.69) is 5.16 Å². The van der Waals surface area contributed by atoms with Gasteiger partial charge in [0.15, 0.2) is 5.84 Å². The topological polar surface area (TPSA) is 91.3 Å². The number of amidine groups is 1. The summed E-state index contributed by atoms with van der Waals surface area (Å²) < 4.78 is 5.03. The highest BCUT2D eigenvalue weighted by Crippen LogP contribution is 2.11. The van der Waals surface area contributed by atoms with Crippen LogP contribution >= 0.6 is 0 Å². The number of β-amino-alcohol motifs (C(OH)–C–C–N with tert-alkyl or cyclic N) is 1. The minimum atomic E-state index is -0.489. The monoisotopic (exact) mass is 189 g/mol. The number of nitrogens with two attached hydrogens (primary N) is 1. The lowest BCUT2D eigenvalue weighted by molar-refractivity contribution is 0.0215. The van der Waals surface area contributed by atoms with Crippen molar-refractivity contribution in [1.82, 2.24) is 4.90 Å². The molecule has 0 saturated carbocycles. The van der Waals surface area contributed by atoms with Crippen LogP contribution in [-0.2, 0) is 4.74 Å². The Labute approximate surface area is 76.6 Å². The number of ether oxygens (including phenoxy) is 1. The van der Waals surface area contributed by atoms with Crippen LogP contribution in [0.15, 0.2) is 5.16 Å². The van der Waals surface area contributed by atoms with Gasteiger partial charge in [0.2, 0.25) is 0 Å². The molecule has 0 radical (unpaired) electrons. The van der Waals surface area contributed by atoms with E-state index in [-0.39, 0.29) is 11.9 Å². The SMILES string of the molecule is CO[C@@H]1CN(C/C(N)=N\O)C[C@H]1O. The number of aliphatic hydroxyl groups is 1. The maximum absolute atomic E-state index is 9.44. The van der Waals surface area contributed by atoms with Gasteiger partial charge in [-0.15, -0.1) is 0 Å². The Bertz CT molecular complexity index is 197. The molecule has 0 aromatic heterocycles. The van der Waals surface area contributed by atoms with Gasteiger partial charge in [-0.2, -0.15) is 0 Å². The molecule has 1 fully saturated rings. The third-order valence-electron chi connectivity index (χ3n) is 2.13. The van der Waals surface area contributed by atoms with Crippen molar-refractivity contribution in [3.63, 3.8) is 0 Å². The van der Waals surface area contributed by atoms with Crippen LogP contribution in [-0.4, -0.2) is 60.0 Å². The molecule has 1 saturated heterocycles. The highest BCUT2D eigenvalue weighted by atomic mass is 16.5. The lowest BCUT2D eigenvalue weighted by atomic mass is 10.3. The normalized spacial score (nSPS) is 31.1. The molecule has 6 heteroatoms. The number of rotatable bonds is 3. The summed E-state index contributed by atoms with van der Waals surface area (Å²) in [6.45, 7) is 1.45. The molecule has 2 atom stereocenters. The number of nitrogens with zero attached hydrogens (tertiary/aromatic N) is 2. The second-order valence-electron chi connectivity index (χ2n) is 3.13. The quantitative estimate of drug-likeness (QED) is 0.216. The number of hydrogen-bond acceptors (Lipinski definition) is 5. The van der Waals surface area contributed by atoms with Crippen LogP contribution in [0.4, 0.5) is 0 Å². The van der Waals surface area contributed by atoms with Gasteiger partial charge in [-0.3, -0.25) is 4.90 Å². The highest BCUT2D eigenvalue weighted by Gasteiger charge is 2.31. The van der Waals surface area contributed by atoms with Crippen molar-refractivity contribution >= 4 is 5.84 Å². The first kappa shape index (κ1) is 10.2. The number of methoxy groups -OCH3 is 1. The molecule has 0 bridgehead atoms. The van der Waals surface area contributed by atoms with Gasteiger partial charge in [-0.1, -0.05) is 5.16 Å². The molecular weight excluding hydrogens is 174 g/mol. The van der Waals surface area contributed by atoms with Gasteiger partial charge < -0.3 is 20.8 Å². The molecule has 1 heterocycles. The average molecular weight is 189 g/mol. The molecule has 4 N–H and O–H groups in total. The summed E-state index contributed by atoms with van der Waals surface area (Å²) in [4.78, 5) is 1.87. The first-order valence-electron chi connectivity index (χ1n) is 4.07. The molecule has 0 unspecified atom stereocenters. The summed E-state index contributed by atoms with van der Waals surface area (Å²) in [5, 5.41) is 20.6. The molecule has 13 heavy (non-hydrogen) atoms. The Morgan fingerprint density at radius 1 is 1.69 bits per heavy atom. The summed E-state index contributed by atoms with van der Waals surface area (Å²) in [6, 6.07) is 0. The van der Waals surface area contributed by atoms with E-state index in [1.54, 1.807) is 7.11 Å². The molecule has 1 aliphatic heterocycles. The van der Waals surface area contributed by atoms with Crippen LogP contribution in [0.2, 0.25) is 0 Å². The van der Waals surface area contributed by atoms with Crippen LogP contribution < -0.4 is 5.73 Å². The maximum Gasteiger partial charge on any atom is 0.153 e. The summed E-state index contributed by atoms with van der Waals surface area (Å²) in [7, 11) is 1.56. The van der Waals surface area contributed by atoms with E-state index in [1.165, 1.54) is 0 Å². The fourth-order valence-electron chi connectivity index (χ4n) is 1.45. The molecule has 0 spiro atoms. The van der Waals surface area contributed by atoms with E-state index in [4.69, 9.17) is 15.7 Å². The summed E-state index contributed by atoms with van der Waals surface area (Å²) >= 11 is 0. The zero-order valence-corrected chi connectivity index (χ0v) is 7.55. The summed E-state index contributed by atoms with van der Waals surface area (Å²) in [5.74, 6) is 0.143. The average Bonchev–Trinajstić information content (AvgIpc) is 2.46. The Hall–Kier alpha value is -0.850. The van der Waals surface area contributed by atoms with Gasteiger partial charge in [0.25, 0.3) is 0 Å². The maximum atomic E-state index is 9.44. The molecule has 0 aromatic carbocycles. The standard InChI is InChI=1S/C7H15N3O3/c1-13-6-3-10(2-5(6)11)4-7(8)9-12/h5-6,11-12H,2-4H2,1H3,(H2,8,9)/t5-,6-/m1/s1. The second kappa shape index (κ2) is 4.40. The van der Waals surface area contributed by atoms with Crippen molar-refractivity contribution in [1.29, 1.82) is 0 Å². The van der Waals surface area contributed by atoms with Gasteiger partial charge >= 0.3 is 0 Å². The predicted octanol–water partition coefficient (Wildman–Crippen LogP) is -1.58. The van der Waals surface area contributed by atoms with Crippen molar-refractivity contribution in [2.45, 2.75) is 12.2 Å². The van der Waals surface area contributed by atoms with E-state index in [9.17, 15) is 5.11 Å². The van der Waals surface area contributed by atoms with E-state index in [1.807, 2.05) is 4.90 Å². The molecule has 6 nitrogen and oxygen atoms in total. The first-order chi connectivity index (χ1) is 6.17. The highest BCUT2D eigenvalue weighted by molar-refractivity contribution is 5.81. The number of oxime groups is 1. The van der Waals surface area contributed by atoms with Crippen LogP contribution in [0.1, 0.15) is 0 Å². The predicted molar refractivity (Wildman–Crippen MR) is 46.7 cm³/mol. The number of likely N-dealkylation sites (tertiary alicyclic amines) is 1. The van der Waals surface area contributed by atoms with Gasteiger partial charge in [0.1, 0.15) is 0 Å². The van der Waals surface area contributed by atoms with Gasteiger partial charge in [-0.05, 0) is 0 Å². The minimum absolute atomic E-state index is 0.143. The van der Waals surface area contributed by atoms with E-state index >= 15 is 0 Å². The molecule has 0 amide bonds. The zero-order chi connectivity index (χ0) is 9.84. The van der Waals surface area contributed by atoms with Crippen LogP contribution in [0, 0.1) is 0 Å². The Morgan fingerprint density at radius 3 is 2.85 bits per heavy atom. The minimum Gasteiger partial charge on any atom is -0.409 e. The van der Waals surface area contributed by atoms with E-state index < -0.39 is 6.10 Å². The summed E-state index contributed by atoms with van der Waals surface area (Å²) in [5.41, 5.74) is 5.32. The van der Waals surface area contributed by atoms with Crippen LogP contribution in [0.3, 0.4) is 0 Å². The van der Waals surface area contributed by atoms with Gasteiger partial charge in [-0.25, -0.2) is 0 Å². The third kappa shape index (κ3) is 2.55. The Morgan fingerprint density at radius 2 is 2.38 bits per heavy atom. The van der Waals surface area contributed by atoms with Crippen LogP contribution in [0.25, 0.3) is 0 Å². The molecule has 1 rings (SSSR count). The van der Waals surface area contributed by atoms with Crippen LogP contribution in [0.5, 0.6) is 0 Å². The van der Waals surface area contributed by atoms with Crippen molar-refractivity contribution in [2.24, 2.45) is 10.9 Å². The number of aliphatic hydroxyl groups excluding tert-OH is 1. The third-order valence-corrected chi connectivity index (χ3v) is 2.13. The zero-order valence-electron chi connectivity index (χ0n) is 7.55. The summed E-state index contributed by atoms with van der Waals surface area (Å²) in [6.07, 6.45) is -0.664. The number of hydrogen-bond donors (Lipinski definition) is 3. The van der Waals surface area contributed by atoms with Crippen molar-refractivity contribution in [3.8, 4) is 0 Å². The Balaban J connectivity index is 2.40. The van der Waals surface area contributed by atoms with Crippen molar-refractivity contribution in [2.75, 3.05) is 26.7 Å². The molecule has 1 aliphatic rings. The molecule has 0 aromatic rings. The van der Waals surface area contributed by atoms with E-state index in [0.29, 0.717) is 19.6 Å². The fraction of sp³-hybridized carbons (Fsp3) is 0.857. The second-order valence-corrected chi connectivity index (χ2v) is 3.13. The van der Waals surface area contributed by atoms with Crippen molar-refractivity contribution < 1.29 is 15.1 Å². The first-order valence-corrected chi connectivity index (χ1v) is 4.07. The van der Waals surface area contributed by atoms with E-state index in [0.717, 1.165) is 0 Å². The molecule has 0 aliphatic carbocycles. The largest absolute Gasteiger partial charge is 0.409 e. The lowest BCUT2D eigenvalue weighted by Gasteiger charge is -2.13. The fourth-order valence-corrected chi connectivity index (χ4v) is 1.45. The molecular formula is C7H15N3O3.